The van der Waals surface area contributed by atoms with Gasteiger partial charge in [0.2, 0.25) is 5.91 Å². The number of aryl methyl sites for hydroxylation is 1. The Morgan fingerprint density at radius 2 is 1.87 bits per heavy atom. The summed E-state index contributed by atoms with van der Waals surface area (Å²) in [6, 6.07) is 11.4. The number of anilines is 1. The standard InChI is InChI=1S/C23H28N2O5/c1-4-28-20-9-7-17(13-21(20)29-5-2)10-11-24-22(26)14-25-15-23(27)30-19-8-6-16(3)12-18(19)25/h6-9,12-13H,4-5,10-11,14-15H2,1-3H3,(H,24,26). The minimum Gasteiger partial charge on any atom is -0.490 e. The Bertz CT molecular complexity index is 912. The fourth-order valence-electron chi connectivity index (χ4n) is 3.32. The highest BCUT2D eigenvalue weighted by Crippen LogP contribution is 2.32. The maximum atomic E-state index is 12.5. The molecule has 0 bridgehead atoms. The summed E-state index contributed by atoms with van der Waals surface area (Å²) < 4.78 is 16.5. The van der Waals surface area contributed by atoms with Crippen LogP contribution in [0.3, 0.4) is 0 Å². The zero-order chi connectivity index (χ0) is 21.5. The van der Waals surface area contributed by atoms with Gasteiger partial charge in [0.05, 0.1) is 25.4 Å². The summed E-state index contributed by atoms with van der Waals surface area (Å²) in [7, 11) is 0. The first kappa shape index (κ1) is 21.5. The molecule has 1 amide bonds. The van der Waals surface area contributed by atoms with Gasteiger partial charge < -0.3 is 24.4 Å². The second-order valence-electron chi connectivity index (χ2n) is 7.05. The molecule has 7 heteroatoms. The molecule has 0 fully saturated rings. The Morgan fingerprint density at radius 1 is 1.10 bits per heavy atom. The maximum Gasteiger partial charge on any atom is 0.331 e. The molecular formula is C23H28N2O5. The molecule has 0 radical (unpaired) electrons. The topological polar surface area (TPSA) is 77.1 Å². The van der Waals surface area contributed by atoms with E-state index in [1.165, 1.54) is 0 Å². The third-order valence-electron chi connectivity index (χ3n) is 4.68. The number of hydrogen-bond donors (Lipinski definition) is 1. The quantitative estimate of drug-likeness (QED) is 0.504. The lowest BCUT2D eigenvalue weighted by molar-refractivity contribution is -0.133. The van der Waals surface area contributed by atoms with Gasteiger partial charge in [0.15, 0.2) is 17.2 Å². The second kappa shape index (κ2) is 10.0. The lowest BCUT2D eigenvalue weighted by Gasteiger charge is -2.29. The van der Waals surface area contributed by atoms with Crippen LogP contribution in [0.5, 0.6) is 17.2 Å². The average Bonchev–Trinajstić information content (AvgIpc) is 2.70. The van der Waals surface area contributed by atoms with E-state index < -0.39 is 0 Å². The highest BCUT2D eigenvalue weighted by Gasteiger charge is 2.25. The van der Waals surface area contributed by atoms with Gasteiger partial charge in [-0.2, -0.15) is 0 Å². The van der Waals surface area contributed by atoms with Gasteiger partial charge in [0, 0.05) is 6.54 Å². The Morgan fingerprint density at radius 3 is 2.63 bits per heavy atom. The van der Waals surface area contributed by atoms with Gasteiger partial charge in [-0.3, -0.25) is 4.79 Å². The summed E-state index contributed by atoms with van der Waals surface area (Å²) in [6.07, 6.45) is 0.663. The first-order valence-corrected chi connectivity index (χ1v) is 10.2. The molecule has 1 aliphatic heterocycles. The van der Waals surface area contributed by atoms with Crippen LogP contribution in [0.1, 0.15) is 25.0 Å². The number of fused-ring (bicyclic) bond motifs is 1. The van der Waals surface area contributed by atoms with Gasteiger partial charge in [-0.25, -0.2) is 4.79 Å². The monoisotopic (exact) mass is 412 g/mol. The van der Waals surface area contributed by atoms with Gasteiger partial charge in [0.25, 0.3) is 0 Å². The summed E-state index contributed by atoms with van der Waals surface area (Å²) in [5, 5.41) is 2.93. The van der Waals surface area contributed by atoms with Crippen LogP contribution < -0.4 is 24.4 Å². The molecular weight excluding hydrogens is 384 g/mol. The summed E-state index contributed by atoms with van der Waals surface area (Å²) in [5.41, 5.74) is 2.85. The number of esters is 1. The molecule has 1 N–H and O–H groups in total. The van der Waals surface area contributed by atoms with Crippen LogP contribution in [-0.4, -0.2) is 44.7 Å². The van der Waals surface area contributed by atoms with Gasteiger partial charge in [-0.15, -0.1) is 0 Å². The van der Waals surface area contributed by atoms with Gasteiger partial charge >= 0.3 is 5.97 Å². The number of ether oxygens (including phenoxy) is 3. The first-order valence-electron chi connectivity index (χ1n) is 10.2. The molecule has 1 aliphatic rings. The third-order valence-corrected chi connectivity index (χ3v) is 4.68. The number of carbonyl (C=O) groups is 2. The summed E-state index contributed by atoms with van der Waals surface area (Å²) in [4.78, 5) is 26.0. The van der Waals surface area contributed by atoms with Crippen LogP contribution in [-0.2, 0) is 16.0 Å². The molecule has 0 spiro atoms. The molecule has 0 saturated heterocycles. The van der Waals surface area contributed by atoms with Crippen molar-refractivity contribution in [1.29, 1.82) is 0 Å². The number of nitrogens with one attached hydrogen (secondary N) is 1. The van der Waals surface area contributed by atoms with E-state index in [1.54, 1.807) is 11.0 Å². The van der Waals surface area contributed by atoms with E-state index >= 15 is 0 Å². The predicted octanol–water partition coefficient (Wildman–Crippen LogP) is 2.88. The van der Waals surface area contributed by atoms with Crippen LogP contribution in [0, 0.1) is 6.92 Å². The van der Waals surface area contributed by atoms with Crippen LogP contribution in [0.2, 0.25) is 0 Å². The largest absolute Gasteiger partial charge is 0.490 e. The number of hydrogen-bond acceptors (Lipinski definition) is 6. The minimum atomic E-state index is -0.364. The van der Waals surface area contributed by atoms with Crippen molar-refractivity contribution >= 4 is 17.6 Å². The summed E-state index contributed by atoms with van der Waals surface area (Å²) in [5.74, 6) is 1.41. The zero-order valence-corrected chi connectivity index (χ0v) is 17.7. The van der Waals surface area contributed by atoms with Crippen LogP contribution in [0.15, 0.2) is 36.4 Å². The fourth-order valence-corrected chi connectivity index (χ4v) is 3.32. The smallest absolute Gasteiger partial charge is 0.331 e. The molecule has 0 aromatic heterocycles. The predicted molar refractivity (Wildman–Crippen MR) is 115 cm³/mol. The van der Waals surface area contributed by atoms with Crippen LogP contribution >= 0.6 is 0 Å². The van der Waals surface area contributed by atoms with Crippen molar-refractivity contribution in [2.45, 2.75) is 27.2 Å². The Labute approximate surface area is 176 Å². The first-order chi connectivity index (χ1) is 14.5. The van der Waals surface area contributed by atoms with Crippen molar-refractivity contribution < 1.29 is 23.8 Å². The molecule has 0 saturated carbocycles. The Hall–Kier alpha value is -3.22. The van der Waals surface area contributed by atoms with E-state index in [0.717, 1.165) is 22.6 Å². The lowest BCUT2D eigenvalue weighted by Crippen LogP contribution is -2.43. The molecule has 2 aromatic carbocycles. The molecule has 160 valence electrons. The zero-order valence-electron chi connectivity index (χ0n) is 17.7. The number of benzene rings is 2. The third kappa shape index (κ3) is 5.43. The second-order valence-corrected chi connectivity index (χ2v) is 7.05. The number of amides is 1. The molecule has 30 heavy (non-hydrogen) atoms. The van der Waals surface area contributed by atoms with Crippen molar-refractivity contribution in [3.63, 3.8) is 0 Å². The fraction of sp³-hybridized carbons (Fsp3) is 0.391. The Kier molecular flexibility index (Phi) is 7.17. The van der Waals surface area contributed by atoms with Crippen LogP contribution in [0.4, 0.5) is 5.69 Å². The Balaban J connectivity index is 1.56. The molecule has 0 unspecified atom stereocenters. The van der Waals surface area contributed by atoms with Gasteiger partial charge in [-0.1, -0.05) is 12.1 Å². The highest BCUT2D eigenvalue weighted by atomic mass is 16.5. The number of rotatable bonds is 9. The highest BCUT2D eigenvalue weighted by molar-refractivity contribution is 5.89. The molecule has 2 aromatic rings. The molecule has 0 aliphatic carbocycles. The van der Waals surface area contributed by atoms with Crippen molar-refractivity contribution in [1.82, 2.24) is 5.32 Å². The van der Waals surface area contributed by atoms with Crippen molar-refractivity contribution in [3.05, 3.63) is 47.5 Å². The van der Waals surface area contributed by atoms with E-state index in [4.69, 9.17) is 14.2 Å². The van der Waals surface area contributed by atoms with E-state index in [1.807, 2.05) is 51.1 Å². The van der Waals surface area contributed by atoms with E-state index in [2.05, 4.69) is 5.32 Å². The molecule has 7 nitrogen and oxygen atoms in total. The molecule has 3 rings (SSSR count). The minimum absolute atomic E-state index is 0.0560. The van der Waals surface area contributed by atoms with Crippen molar-refractivity contribution in [2.75, 3.05) is 37.7 Å². The number of carbonyl (C=O) groups excluding carboxylic acids is 2. The lowest BCUT2D eigenvalue weighted by atomic mass is 10.1. The van der Waals surface area contributed by atoms with E-state index in [9.17, 15) is 9.59 Å². The van der Waals surface area contributed by atoms with Gasteiger partial charge in [0.1, 0.15) is 6.54 Å². The van der Waals surface area contributed by atoms with Crippen LogP contribution in [0.25, 0.3) is 0 Å². The van der Waals surface area contributed by atoms with Crippen molar-refractivity contribution in [2.24, 2.45) is 0 Å². The normalized spacial score (nSPS) is 12.8. The SMILES string of the molecule is CCOc1ccc(CCNC(=O)CN2CC(=O)Oc3ccc(C)cc32)cc1OCC. The molecule has 1 heterocycles. The van der Waals surface area contributed by atoms with Gasteiger partial charge in [-0.05, 0) is 62.6 Å². The maximum absolute atomic E-state index is 12.5. The van der Waals surface area contributed by atoms with Crippen molar-refractivity contribution in [3.8, 4) is 17.2 Å². The van der Waals surface area contributed by atoms with E-state index in [0.29, 0.717) is 37.7 Å². The number of nitrogens with zero attached hydrogens (tertiary/aromatic N) is 1. The average molecular weight is 412 g/mol. The summed E-state index contributed by atoms with van der Waals surface area (Å²) >= 11 is 0. The summed E-state index contributed by atoms with van der Waals surface area (Å²) in [6.45, 7) is 7.58. The molecule has 0 atom stereocenters. The van der Waals surface area contributed by atoms with E-state index in [-0.39, 0.29) is 25.0 Å².